The molecule has 1 fully saturated rings. The van der Waals surface area contributed by atoms with Crippen molar-refractivity contribution < 1.29 is 13.9 Å². The summed E-state index contributed by atoms with van der Waals surface area (Å²) in [6.07, 6.45) is 1.25. The number of nitrogens with one attached hydrogen (secondary N) is 3. The normalized spacial score (nSPS) is 13.4. The number of carbonyl (C=O) groups excluding carboxylic acids is 1. The van der Waals surface area contributed by atoms with E-state index in [1.54, 1.807) is 12.1 Å². The highest BCUT2D eigenvalue weighted by atomic mass is 19.1. The van der Waals surface area contributed by atoms with Crippen LogP contribution in [0.15, 0.2) is 48.8 Å². The number of aryl methyl sites for hydroxylation is 1. The molecule has 0 radical (unpaired) electrons. The number of nitriles is 1. The minimum absolute atomic E-state index is 0.0112. The Balaban J connectivity index is 1.38. The van der Waals surface area contributed by atoms with Crippen molar-refractivity contribution in [2.24, 2.45) is 0 Å². The number of hydrogen-bond donors (Lipinski definition) is 3. The van der Waals surface area contributed by atoms with Crippen molar-refractivity contribution in [2.75, 3.05) is 29.9 Å². The van der Waals surface area contributed by atoms with Crippen LogP contribution >= 0.6 is 0 Å². The summed E-state index contributed by atoms with van der Waals surface area (Å²) >= 11 is 0. The number of nitrogens with zero attached hydrogens (tertiary/aromatic N) is 4. The van der Waals surface area contributed by atoms with Crippen molar-refractivity contribution in [3.8, 4) is 17.7 Å². The van der Waals surface area contributed by atoms with E-state index < -0.39 is 5.82 Å². The van der Waals surface area contributed by atoms with Crippen LogP contribution in [-0.4, -0.2) is 40.5 Å². The summed E-state index contributed by atoms with van der Waals surface area (Å²) in [6.45, 7) is 3.48. The quantitative estimate of drug-likeness (QED) is 0.418. The number of ether oxygens (including phenoxy) is 1. The van der Waals surface area contributed by atoms with E-state index in [0.717, 1.165) is 17.9 Å². The molecule has 1 saturated heterocycles. The Morgan fingerprint density at radius 2 is 2.03 bits per heavy atom. The molecule has 170 valence electrons. The maximum Gasteiger partial charge on any atom is 0.242 e. The fraction of sp³-hybridized carbons (Fsp3) is 0.167. The Labute approximate surface area is 194 Å². The molecule has 2 aromatic carbocycles. The number of amides is 1. The molecule has 1 aliphatic heterocycles. The highest BCUT2D eigenvalue weighted by Crippen LogP contribution is 2.33. The van der Waals surface area contributed by atoms with Crippen LogP contribution < -0.4 is 20.3 Å². The van der Waals surface area contributed by atoms with Gasteiger partial charge in [-0.25, -0.2) is 14.4 Å². The summed E-state index contributed by atoms with van der Waals surface area (Å²) < 4.78 is 20.6. The number of benzene rings is 2. The first-order chi connectivity index (χ1) is 16.5. The number of hydrogen-bond acceptors (Lipinski definition) is 7. The Bertz CT molecular complexity index is 1430. The summed E-state index contributed by atoms with van der Waals surface area (Å²) in [4.78, 5) is 24.9. The molecule has 0 atom stereocenters. The van der Waals surface area contributed by atoms with Gasteiger partial charge in [0.05, 0.1) is 6.54 Å². The molecule has 1 amide bonds. The van der Waals surface area contributed by atoms with Gasteiger partial charge in [-0.15, -0.1) is 0 Å². The molecule has 4 aromatic rings. The summed E-state index contributed by atoms with van der Waals surface area (Å²) in [5.41, 5.74) is 3.12. The first kappa shape index (κ1) is 21.2. The summed E-state index contributed by atoms with van der Waals surface area (Å²) in [5, 5.41) is 16.0. The van der Waals surface area contributed by atoms with Crippen LogP contribution in [0.5, 0.6) is 11.6 Å². The third-order valence-corrected chi connectivity index (χ3v) is 5.50. The van der Waals surface area contributed by atoms with Crippen molar-refractivity contribution in [3.05, 3.63) is 65.9 Å². The largest absolute Gasteiger partial charge is 0.434 e. The minimum Gasteiger partial charge on any atom is -0.434 e. The molecule has 2 aromatic heterocycles. The van der Waals surface area contributed by atoms with Crippen LogP contribution in [0.2, 0.25) is 0 Å². The molecule has 34 heavy (non-hydrogen) atoms. The van der Waals surface area contributed by atoms with Gasteiger partial charge in [-0.3, -0.25) is 4.79 Å². The number of piperazine rings is 1. The second-order valence-electron chi connectivity index (χ2n) is 7.85. The molecule has 0 aliphatic carbocycles. The Morgan fingerprint density at radius 3 is 2.79 bits per heavy atom. The van der Waals surface area contributed by atoms with Gasteiger partial charge in [-0.2, -0.15) is 5.26 Å². The lowest BCUT2D eigenvalue weighted by molar-refractivity contribution is -0.120. The molecule has 0 saturated carbocycles. The van der Waals surface area contributed by atoms with Gasteiger partial charge in [0.15, 0.2) is 22.9 Å². The van der Waals surface area contributed by atoms with E-state index in [4.69, 9.17) is 4.74 Å². The van der Waals surface area contributed by atoms with Gasteiger partial charge in [-0.1, -0.05) is 0 Å². The van der Waals surface area contributed by atoms with Crippen LogP contribution in [0.25, 0.3) is 10.9 Å². The zero-order valence-electron chi connectivity index (χ0n) is 18.2. The van der Waals surface area contributed by atoms with Gasteiger partial charge in [0.2, 0.25) is 11.8 Å². The highest BCUT2D eigenvalue weighted by molar-refractivity contribution is 5.83. The van der Waals surface area contributed by atoms with Crippen molar-refractivity contribution in [2.45, 2.75) is 6.92 Å². The van der Waals surface area contributed by atoms with E-state index in [2.05, 4.69) is 25.6 Å². The zero-order valence-corrected chi connectivity index (χ0v) is 18.2. The van der Waals surface area contributed by atoms with Gasteiger partial charge < -0.3 is 25.3 Å². The summed E-state index contributed by atoms with van der Waals surface area (Å²) in [6, 6.07) is 14.4. The lowest BCUT2D eigenvalue weighted by Gasteiger charge is -2.28. The van der Waals surface area contributed by atoms with E-state index >= 15 is 0 Å². The first-order valence-electron chi connectivity index (χ1n) is 10.6. The van der Waals surface area contributed by atoms with Gasteiger partial charge >= 0.3 is 0 Å². The van der Waals surface area contributed by atoms with Crippen LogP contribution in [0.1, 0.15) is 11.3 Å². The SMILES string of the molecule is Cc1cc2c(F)c(Oc3ncnc(Nc4ccc(N5CCNC(=O)C5)cc4)c3C#N)ccc2[nH]1. The first-order valence-corrected chi connectivity index (χ1v) is 10.6. The highest BCUT2D eigenvalue weighted by Gasteiger charge is 2.19. The Kier molecular flexibility index (Phi) is 5.43. The zero-order chi connectivity index (χ0) is 23.7. The number of carbonyl (C=O) groups is 1. The third kappa shape index (κ3) is 4.06. The molecule has 10 heteroatoms. The molecule has 3 heterocycles. The van der Waals surface area contributed by atoms with E-state index in [1.165, 1.54) is 12.4 Å². The van der Waals surface area contributed by atoms with Gasteiger partial charge in [0.25, 0.3) is 0 Å². The minimum atomic E-state index is -0.541. The predicted molar refractivity (Wildman–Crippen MR) is 125 cm³/mol. The molecule has 9 nitrogen and oxygen atoms in total. The molecule has 0 bridgehead atoms. The van der Waals surface area contributed by atoms with Gasteiger partial charge in [0.1, 0.15) is 12.4 Å². The van der Waals surface area contributed by atoms with Crippen molar-refractivity contribution in [3.63, 3.8) is 0 Å². The number of fused-ring (bicyclic) bond motifs is 1. The second-order valence-corrected chi connectivity index (χ2v) is 7.85. The van der Waals surface area contributed by atoms with E-state index in [1.807, 2.05) is 42.2 Å². The second kappa shape index (κ2) is 8.71. The van der Waals surface area contributed by atoms with Crippen LogP contribution in [0, 0.1) is 24.1 Å². The average Bonchev–Trinajstić information content (AvgIpc) is 3.23. The smallest absolute Gasteiger partial charge is 0.242 e. The van der Waals surface area contributed by atoms with Crippen molar-refractivity contribution in [1.82, 2.24) is 20.3 Å². The Hall–Kier alpha value is -4.65. The third-order valence-electron chi connectivity index (χ3n) is 5.50. The van der Waals surface area contributed by atoms with E-state index in [9.17, 15) is 14.4 Å². The number of aromatic nitrogens is 3. The summed E-state index contributed by atoms with van der Waals surface area (Å²) in [5.74, 6) is -0.413. The fourth-order valence-electron chi connectivity index (χ4n) is 3.86. The van der Waals surface area contributed by atoms with E-state index in [-0.39, 0.29) is 28.9 Å². The molecule has 5 rings (SSSR count). The lowest BCUT2D eigenvalue weighted by Crippen LogP contribution is -2.47. The number of rotatable bonds is 5. The van der Waals surface area contributed by atoms with Gasteiger partial charge in [-0.05, 0) is 49.4 Å². The monoisotopic (exact) mass is 457 g/mol. The maximum atomic E-state index is 15.0. The molecule has 1 aliphatic rings. The Morgan fingerprint density at radius 1 is 1.21 bits per heavy atom. The molecular formula is C24H20FN7O2. The topological polar surface area (TPSA) is 119 Å². The number of H-pyrrole nitrogens is 1. The average molecular weight is 457 g/mol. The standard InChI is InChI=1S/C24H20FN7O2/c1-14-10-17-19(30-14)6-7-20(22(17)25)34-24-18(11-26)23(28-13-29-24)31-15-2-4-16(5-3-15)32-9-8-27-21(33)12-32/h2-7,10,13,30H,8-9,12H2,1H3,(H,27,33)(H,28,29,31). The maximum absolute atomic E-state index is 15.0. The number of aromatic amines is 1. The van der Waals surface area contributed by atoms with E-state index in [0.29, 0.717) is 29.7 Å². The van der Waals surface area contributed by atoms with Gasteiger partial charge in [0, 0.05) is 41.1 Å². The van der Waals surface area contributed by atoms with Crippen molar-refractivity contribution in [1.29, 1.82) is 5.26 Å². The van der Waals surface area contributed by atoms with Crippen LogP contribution in [0.4, 0.5) is 21.6 Å². The number of halogens is 1. The molecule has 3 N–H and O–H groups in total. The fourth-order valence-corrected chi connectivity index (χ4v) is 3.86. The van der Waals surface area contributed by atoms with Crippen LogP contribution in [0.3, 0.4) is 0 Å². The van der Waals surface area contributed by atoms with Crippen molar-refractivity contribution >= 4 is 34.0 Å². The number of anilines is 3. The molecule has 0 unspecified atom stereocenters. The van der Waals surface area contributed by atoms with Crippen LogP contribution in [-0.2, 0) is 4.79 Å². The summed E-state index contributed by atoms with van der Waals surface area (Å²) in [7, 11) is 0. The predicted octanol–water partition coefficient (Wildman–Crippen LogP) is 3.75. The lowest BCUT2D eigenvalue weighted by atomic mass is 10.2. The molecule has 0 spiro atoms. The molecular weight excluding hydrogens is 437 g/mol.